The Labute approximate surface area is 130 Å². The number of carbonyl (C=O) groups excluding carboxylic acids is 1. The molecule has 0 unspecified atom stereocenters. The maximum Gasteiger partial charge on any atom is 0.268 e. The second kappa shape index (κ2) is 5.51. The van der Waals surface area contributed by atoms with E-state index in [0.29, 0.717) is 31.7 Å². The standard InChI is InChI=1S/C15H14BrN3O2/c16-11-1-2-12-10(7-11)8-13(18-12)14(20)19-15(9-17)3-5-21-6-4-15/h1-2,7-8,18H,3-6H2,(H,19,20). The topological polar surface area (TPSA) is 77.9 Å². The van der Waals surface area contributed by atoms with E-state index in [0.717, 1.165) is 15.4 Å². The maximum atomic E-state index is 12.4. The molecule has 108 valence electrons. The zero-order valence-electron chi connectivity index (χ0n) is 11.3. The summed E-state index contributed by atoms with van der Waals surface area (Å²) < 4.78 is 6.22. The molecule has 0 aliphatic carbocycles. The van der Waals surface area contributed by atoms with E-state index in [9.17, 15) is 10.1 Å². The van der Waals surface area contributed by atoms with Crippen molar-refractivity contribution in [1.82, 2.24) is 10.3 Å². The average molecular weight is 348 g/mol. The van der Waals surface area contributed by atoms with Crippen molar-refractivity contribution in [2.24, 2.45) is 0 Å². The van der Waals surface area contributed by atoms with Gasteiger partial charge in [-0.3, -0.25) is 4.79 Å². The predicted octanol–water partition coefficient (Wildman–Crippen LogP) is 2.73. The molecule has 0 radical (unpaired) electrons. The summed E-state index contributed by atoms with van der Waals surface area (Å²) in [5.41, 5.74) is 0.526. The molecule has 0 spiro atoms. The molecule has 1 fully saturated rings. The summed E-state index contributed by atoms with van der Waals surface area (Å²) in [7, 11) is 0. The summed E-state index contributed by atoms with van der Waals surface area (Å²) in [5.74, 6) is -0.259. The number of aromatic nitrogens is 1. The van der Waals surface area contributed by atoms with Gasteiger partial charge in [0.1, 0.15) is 11.2 Å². The van der Waals surface area contributed by atoms with Crippen LogP contribution in [0.4, 0.5) is 0 Å². The number of halogens is 1. The lowest BCUT2D eigenvalue weighted by molar-refractivity contribution is 0.0530. The van der Waals surface area contributed by atoms with E-state index in [4.69, 9.17) is 4.74 Å². The minimum Gasteiger partial charge on any atom is -0.381 e. The number of nitrogens with zero attached hydrogens (tertiary/aromatic N) is 1. The Hall–Kier alpha value is -1.84. The minimum atomic E-state index is -0.826. The van der Waals surface area contributed by atoms with E-state index in [1.807, 2.05) is 18.2 Å². The van der Waals surface area contributed by atoms with E-state index in [1.165, 1.54) is 0 Å². The van der Waals surface area contributed by atoms with E-state index in [-0.39, 0.29) is 5.91 Å². The van der Waals surface area contributed by atoms with Gasteiger partial charge in [0.15, 0.2) is 0 Å². The summed E-state index contributed by atoms with van der Waals surface area (Å²) in [5, 5.41) is 13.2. The van der Waals surface area contributed by atoms with Gasteiger partial charge in [-0.1, -0.05) is 15.9 Å². The first-order valence-electron chi connectivity index (χ1n) is 6.72. The lowest BCUT2D eigenvalue weighted by Gasteiger charge is -2.31. The smallest absolute Gasteiger partial charge is 0.268 e. The largest absolute Gasteiger partial charge is 0.381 e. The minimum absolute atomic E-state index is 0.259. The molecule has 1 saturated heterocycles. The Morgan fingerprint density at radius 2 is 2.14 bits per heavy atom. The van der Waals surface area contributed by atoms with Crippen molar-refractivity contribution >= 4 is 32.7 Å². The average Bonchev–Trinajstić information content (AvgIpc) is 2.91. The summed E-state index contributed by atoms with van der Waals surface area (Å²) >= 11 is 3.41. The lowest BCUT2D eigenvalue weighted by atomic mass is 9.91. The summed E-state index contributed by atoms with van der Waals surface area (Å²) in [6.07, 6.45) is 1.03. The van der Waals surface area contributed by atoms with Crippen molar-refractivity contribution in [3.8, 4) is 6.07 Å². The summed E-state index contributed by atoms with van der Waals surface area (Å²) in [6.45, 7) is 0.987. The maximum absolute atomic E-state index is 12.4. The number of amides is 1. The molecule has 21 heavy (non-hydrogen) atoms. The monoisotopic (exact) mass is 347 g/mol. The Bertz CT molecular complexity index is 726. The lowest BCUT2D eigenvalue weighted by Crippen LogP contribution is -2.51. The molecule has 0 atom stereocenters. The van der Waals surface area contributed by atoms with Crippen LogP contribution in [0.1, 0.15) is 23.3 Å². The van der Waals surface area contributed by atoms with Gasteiger partial charge in [0.25, 0.3) is 5.91 Å². The van der Waals surface area contributed by atoms with Crippen LogP contribution >= 0.6 is 15.9 Å². The number of fused-ring (bicyclic) bond motifs is 1. The molecular formula is C15H14BrN3O2. The van der Waals surface area contributed by atoms with Gasteiger partial charge in [0.05, 0.1) is 6.07 Å². The first-order chi connectivity index (χ1) is 10.1. The highest BCUT2D eigenvalue weighted by atomic mass is 79.9. The molecular weight excluding hydrogens is 334 g/mol. The molecule has 5 nitrogen and oxygen atoms in total. The van der Waals surface area contributed by atoms with Gasteiger partial charge in [-0.15, -0.1) is 0 Å². The van der Waals surface area contributed by atoms with Crippen LogP contribution in [0.2, 0.25) is 0 Å². The highest BCUT2D eigenvalue weighted by molar-refractivity contribution is 9.10. The molecule has 2 aromatic rings. The van der Waals surface area contributed by atoms with Crippen LogP contribution in [-0.2, 0) is 4.74 Å². The van der Waals surface area contributed by atoms with Gasteiger partial charge < -0.3 is 15.0 Å². The molecule has 1 aliphatic rings. The Morgan fingerprint density at radius 3 is 2.86 bits per heavy atom. The molecule has 6 heteroatoms. The first kappa shape index (κ1) is 14.1. The predicted molar refractivity (Wildman–Crippen MR) is 81.9 cm³/mol. The third-order valence-electron chi connectivity index (χ3n) is 3.74. The second-order valence-electron chi connectivity index (χ2n) is 5.17. The Balaban J connectivity index is 1.85. The highest BCUT2D eigenvalue weighted by Crippen LogP contribution is 2.23. The van der Waals surface area contributed by atoms with Crippen LogP contribution in [0.15, 0.2) is 28.7 Å². The Morgan fingerprint density at radius 1 is 1.38 bits per heavy atom. The second-order valence-corrected chi connectivity index (χ2v) is 6.09. The molecule has 1 aromatic carbocycles. The van der Waals surface area contributed by atoms with Crippen molar-refractivity contribution in [2.45, 2.75) is 18.4 Å². The highest BCUT2D eigenvalue weighted by Gasteiger charge is 2.34. The fourth-order valence-corrected chi connectivity index (χ4v) is 2.87. The van der Waals surface area contributed by atoms with Crippen LogP contribution in [0.3, 0.4) is 0 Å². The summed E-state index contributed by atoms with van der Waals surface area (Å²) in [4.78, 5) is 15.5. The van der Waals surface area contributed by atoms with Crippen LogP contribution < -0.4 is 5.32 Å². The normalized spacial score (nSPS) is 17.3. The number of hydrogen-bond donors (Lipinski definition) is 2. The molecule has 1 aromatic heterocycles. The van der Waals surface area contributed by atoms with E-state index in [1.54, 1.807) is 6.07 Å². The molecule has 1 amide bonds. The number of ether oxygens (including phenoxy) is 1. The van der Waals surface area contributed by atoms with E-state index in [2.05, 4.69) is 32.3 Å². The van der Waals surface area contributed by atoms with Crippen LogP contribution in [0.25, 0.3) is 10.9 Å². The quantitative estimate of drug-likeness (QED) is 0.876. The number of hydrogen-bond acceptors (Lipinski definition) is 3. The fourth-order valence-electron chi connectivity index (χ4n) is 2.50. The fraction of sp³-hybridized carbons (Fsp3) is 0.333. The van der Waals surface area contributed by atoms with E-state index < -0.39 is 5.54 Å². The van der Waals surface area contributed by atoms with Gasteiger partial charge in [0.2, 0.25) is 0 Å². The van der Waals surface area contributed by atoms with Crippen LogP contribution in [0.5, 0.6) is 0 Å². The molecule has 1 aliphatic heterocycles. The van der Waals surface area contributed by atoms with Crippen LogP contribution in [-0.4, -0.2) is 29.6 Å². The molecule has 2 heterocycles. The Kier molecular flexibility index (Phi) is 3.70. The van der Waals surface area contributed by atoms with Gasteiger partial charge >= 0.3 is 0 Å². The van der Waals surface area contributed by atoms with Gasteiger partial charge in [-0.25, -0.2) is 0 Å². The van der Waals surface area contributed by atoms with Crippen molar-refractivity contribution in [2.75, 3.05) is 13.2 Å². The number of carbonyl (C=O) groups is 1. The van der Waals surface area contributed by atoms with Gasteiger partial charge in [-0.2, -0.15) is 5.26 Å². The van der Waals surface area contributed by atoms with Gasteiger partial charge in [-0.05, 0) is 24.3 Å². The van der Waals surface area contributed by atoms with Gasteiger partial charge in [0, 0.05) is 41.4 Å². The number of aromatic amines is 1. The number of nitrogens with one attached hydrogen (secondary N) is 2. The zero-order chi connectivity index (χ0) is 14.9. The zero-order valence-corrected chi connectivity index (χ0v) is 12.9. The van der Waals surface area contributed by atoms with Crippen molar-refractivity contribution in [3.63, 3.8) is 0 Å². The number of rotatable bonds is 2. The number of H-pyrrole nitrogens is 1. The van der Waals surface area contributed by atoms with Crippen molar-refractivity contribution < 1.29 is 9.53 Å². The SMILES string of the molecule is N#CC1(NC(=O)c2cc3cc(Br)ccc3[nH]2)CCOCC1. The summed E-state index contributed by atoms with van der Waals surface area (Å²) in [6, 6.07) is 9.78. The van der Waals surface area contributed by atoms with Crippen molar-refractivity contribution in [3.05, 3.63) is 34.4 Å². The van der Waals surface area contributed by atoms with Crippen LogP contribution in [0, 0.1) is 11.3 Å². The number of nitriles is 1. The molecule has 0 saturated carbocycles. The molecule has 3 rings (SSSR count). The number of benzene rings is 1. The molecule has 2 N–H and O–H groups in total. The van der Waals surface area contributed by atoms with Crippen molar-refractivity contribution in [1.29, 1.82) is 5.26 Å². The van der Waals surface area contributed by atoms with E-state index >= 15 is 0 Å². The molecule has 0 bridgehead atoms. The third-order valence-corrected chi connectivity index (χ3v) is 4.23. The first-order valence-corrected chi connectivity index (χ1v) is 7.51. The third kappa shape index (κ3) is 2.80.